The smallest absolute Gasteiger partial charge is 0.349 e. The Hall–Kier alpha value is -3.24. The van der Waals surface area contributed by atoms with Crippen LogP contribution in [-0.4, -0.2) is 18.0 Å². The van der Waals surface area contributed by atoms with E-state index in [2.05, 4.69) is 5.32 Å². The first-order valence-corrected chi connectivity index (χ1v) is 8.92. The molecule has 0 aliphatic carbocycles. The van der Waals surface area contributed by atoms with Crippen molar-refractivity contribution in [3.8, 4) is 6.07 Å². The third-order valence-electron chi connectivity index (χ3n) is 4.05. The first-order chi connectivity index (χ1) is 12.9. The highest BCUT2D eigenvalue weighted by molar-refractivity contribution is 7.21. The molecule has 0 radical (unpaired) electrons. The number of carbonyl (C=O) groups excluding carboxylic acids is 2. The van der Waals surface area contributed by atoms with Crippen LogP contribution in [0.2, 0.25) is 0 Å². The summed E-state index contributed by atoms with van der Waals surface area (Å²) in [5, 5.41) is 12.0. The van der Waals surface area contributed by atoms with E-state index in [0.29, 0.717) is 26.9 Å². The van der Waals surface area contributed by atoms with E-state index in [4.69, 9.17) is 10.00 Å². The Morgan fingerprint density at radius 1 is 1.22 bits per heavy atom. The average Bonchev–Trinajstić information content (AvgIpc) is 3.00. The summed E-state index contributed by atoms with van der Waals surface area (Å²) in [5.74, 6) is -1.65. The van der Waals surface area contributed by atoms with Crippen LogP contribution in [0.25, 0.3) is 10.1 Å². The number of nitrogens with zero attached hydrogens (tertiary/aromatic N) is 1. The van der Waals surface area contributed by atoms with Gasteiger partial charge in [0.1, 0.15) is 16.8 Å². The number of benzene rings is 2. The fraction of sp³-hybridized carbons (Fsp3) is 0.150. The highest BCUT2D eigenvalue weighted by atomic mass is 32.1. The predicted octanol–water partition coefficient (Wildman–Crippen LogP) is 4.40. The largest absolute Gasteiger partial charge is 0.448 e. The van der Waals surface area contributed by atoms with Crippen LogP contribution >= 0.6 is 11.3 Å². The Bertz CT molecular complexity index is 1080. The molecule has 1 amide bonds. The molecule has 3 aromatic rings. The molecule has 0 aliphatic heterocycles. The number of carbonyl (C=O) groups is 2. The van der Waals surface area contributed by atoms with Crippen molar-refractivity contribution in [1.82, 2.24) is 0 Å². The topological polar surface area (TPSA) is 79.2 Å². The summed E-state index contributed by atoms with van der Waals surface area (Å²) in [5.41, 5.74) is 1.13. The highest BCUT2D eigenvalue weighted by Gasteiger charge is 2.24. The third-order valence-corrected chi connectivity index (χ3v) is 5.28. The van der Waals surface area contributed by atoms with Crippen LogP contribution in [0.15, 0.2) is 42.5 Å². The molecule has 0 unspecified atom stereocenters. The zero-order valence-electron chi connectivity index (χ0n) is 14.6. The average molecular weight is 382 g/mol. The molecule has 136 valence electrons. The number of amides is 1. The lowest BCUT2D eigenvalue weighted by molar-refractivity contribution is -0.123. The van der Waals surface area contributed by atoms with Gasteiger partial charge in [0.2, 0.25) is 0 Å². The van der Waals surface area contributed by atoms with Crippen molar-refractivity contribution in [1.29, 1.82) is 5.26 Å². The second-order valence-electron chi connectivity index (χ2n) is 5.86. The molecule has 0 saturated heterocycles. The van der Waals surface area contributed by atoms with Gasteiger partial charge in [-0.25, -0.2) is 9.18 Å². The third kappa shape index (κ3) is 3.66. The molecule has 0 spiro atoms. The summed E-state index contributed by atoms with van der Waals surface area (Å²) in [6.45, 7) is 3.08. The number of nitriles is 1. The van der Waals surface area contributed by atoms with E-state index in [1.54, 1.807) is 43.3 Å². The van der Waals surface area contributed by atoms with Gasteiger partial charge in [-0.1, -0.05) is 18.2 Å². The van der Waals surface area contributed by atoms with Crippen molar-refractivity contribution in [2.45, 2.75) is 20.0 Å². The fourth-order valence-electron chi connectivity index (χ4n) is 2.64. The van der Waals surface area contributed by atoms with E-state index in [-0.39, 0.29) is 4.88 Å². The van der Waals surface area contributed by atoms with Crippen LogP contribution in [0, 0.1) is 24.1 Å². The molecule has 1 aromatic heterocycles. The number of rotatable bonds is 4. The Balaban J connectivity index is 1.76. The van der Waals surface area contributed by atoms with Crippen molar-refractivity contribution in [2.75, 3.05) is 5.32 Å². The highest BCUT2D eigenvalue weighted by Crippen LogP contribution is 2.33. The molecule has 0 bridgehead atoms. The van der Waals surface area contributed by atoms with Gasteiger partial charge in [0.25, 0.3) is 5.91 Å². The van der Waals surface area contributed by atoms with Crippen molar-refractivity contribution in [3.05, 3.63) is 64.3 Å². The molecular weight excluding hydrogens is 367 g/mol. The van der Waals surface area contributed by atoms with E-state index in [9.17, 15) is 14.0 Å². The summed E-state index contributed by atoms with van der Waals surface area (Å²) in [4.78, 5) is 25.0. The van der Waals surface area contributed by atoms with Crippen LogP contribution in [0.1, 0.15) is 27.7 Å². The summed E-state index contributed by atoms with van der Waals surface area (Å²) in [7, 11) is 0. The lowest BCUT2D eigenvalue weighted by Crippen LogP contribution is -2.30. The van der Waals surface area contributed by atoms with Gasteiger partial charge in [0.05, 0.1) is 11.3 Å². The Morgan fingerprint density at radius 3 is 2.67 bits per heavy atom. The molecule has 0 saturated carbocycles. The standard InChI is InChI=1S/C20H15FN2O3S/c1-11-17-14(21)7-5-9-16(17)27-18(11)20(25)26-12(2)19(24)23-15-8-4-3-6-13(15)10-22/h3-9,12H,1-2H3,(H,23,24)/t12-/m1/s1. The molecule has 1 atom stereocenters. The van der Waals surface area contributed by atoms with Crippen molar-refractivity contribution < 1.29 is 18.7 Å². The number of hydrogen-bond donors (Lipinski definition) is 1. The minimum absolute atomic E-state index is 0.257. The predicted molar refractivity (Wildman–Crippen MR) is 101 cm³/mol. The van der Waals surface area contributed by atoms with Crippen LogP contribution < -0.4 is 5.32 Å². The molecule has 1 N–H and O–H groups in total. The molecule has 1 heterocycles. The molecule has 2 aromatic carbocycles. The van der Waals surface area contributed by atoms with Gasteiger partial charge >= 0.3 is 5.97 Å². The number of aryl methyl sites for hydroxylation is 1. The molecule has 5 nitrogen and oxygen atoms in total. The fourth-order valence-corrected chi connectivity index (χ4v) is 3.75. The molecule has 27 heavy (non-hydrogen) atoms. The van der Waals surface area contributed by atoms with Gasteiger partial charge in [0, 0.05) is 10.1 Å². The van der Waals surface area contributed by atoms with Gasteiger partial charge in [-0.2, -0.15) is 5.26 Å². The van der Waals surface area contributed by atoms with Crippen LogP contribution in [0.3, 0.4) is 0 Å². The number of hydrogen-bond acceptors (Lipinski definition) is 5. The first-order valence-electron chi connectivity index (χ1n) is 8.11. The Morgan fingerprint density at radius 2 is 1.96 bits per heavy atom. The quantitative estimate of drug-likeness (QED) is 0.678. The van der Waals surface area contributed by atoms with Crippen molar-refractivity contribution in [3.63, 3.8) is 0 Å². The van der Waals surface area contributed by atoms with Gasteiger partial charge in [-0.05, 0) is 43.7 Å². The monoisotopic (exact) mass is 382 g/mol. The van der Waals surface area contributed by atoms with E-state index in [1.165, 1.54) is 13.0 Å². The number of thiophene rings is 1. The first kappa shape index (κ1) is 18.5. The zero-order valence-corrected chi connectivity index (χ0v) is 15.4. The Kier molecular flexibility index (Phi) is 5.19. The maximum Gasteiger partial charge on any atom is 0.349 e. The number of para-hydroxylation sites is 1. The minimum atomic E-state index is -1.08. The lowest BCUT2D eigenvalue weighted by atomic mass is 10.1. The molecule has 7 heteroatoms. The second-order valence-corrected chi connectivity index (χ2v) is 6.92. The van der Waals surface area contributed by atoms with Gasteiger partial charge < -0.3 is 10.1 Å². The van der Waals surface area contributed by atoms with Crippen LogP contribution in [-0.2, 0) is 9.53 Å². The lowest BCUT2D eigenvalue weighted by Gasteiger charge is -2.14. The molecular formula is C20H15FN2O3S. The van der Waals surface area contributed by atoms with Crippen LogP contribution in [0.5, 0.6) is 0 Å². The molecule has 0 aliphatic rings. The van der Waals surface area contributed by atoms with Gasteiger partial charge in [0.15, 0.2) is 6.10 Å². The van der Waals surface area contributed by atoms with Gasteiger partial charge in [-0.15, -0.1) is 11.3 Å². The number of ether oxygens (including phenoxy) is 1. The number of esters is 1. The van der Waals surface area contributed by atoms with Crippen molar-refractivity contribution >= 4 is 39.0 Å². The molecule has 3 rings (SSSR count). The summed E-state index contributed by atoms with van der Waals surface area (Å²) >= 11 is 1.12. The van der Waals surface area contributed by atoms with E-state index in [1.807, 2.05) is 6.07 Å². The maximum atomic E-state index is 14.0. The van der Waals surface area contributed by atoms with Crippen LogP contribution in [0.4, 0.5) is 10.1 Å². The van der Waals surface area contributed by atoms with Gasteiger partial charge in [-0.3, -0.25) is 4.79 Å². The normalized spacial score (nSPS) is 11.6. The summed E-state index contributed by atoms with van der Waals surface area (Å²) < 4.78 is 19.9. The SMILES string of the molecule is Cc1c(C(=O)O[C@H](C)C(=O)Nc2ccccc2C#N)sc2cccc(F)c12. The van der Waals surface area contributed by atoms with Crippen molar-refractivity contribution in [2.24, 2.45) is 0 Å². The summed E-state index contributed by atoms with van der Waals surface area (Å²) in [6, 6.07) is 13.1. The van der Waals surface area contributed by atoms with E-state index < -0.39 is 23.8 Å². The maximum absolute atomic E-state index is 14.0. The number of fused-ring (bicyclic) bond motifs is 1. The zero-order chi connectivity index (χ0) is 19.6. The second kappa shape index (κ2) is 7.56. The number of nitrogens with one attached hydrogen (secondary N) is 1. The number of halogens is 1. The summed E-state index contributed by atoms with van der Waals surface area (Å²) in [6.07, 6.45) is -1.08. The van der Waals surface area contributed by atoms with E-state index >= 15 is 0 Å². The molecule has 0 fully saturated rings. The van der Waals surface area contributed by atoms with E-state index in [0.717, 1.165) is 11.3 Å². The number of anilines is 1. The Labute approximate surface area is 159 Å². The minimum Gasteiger partial charge on any atom is -0.448 e.